The monoisotopic (exact) mass is 455 g/mol. The maximum absolute atomic E-state index is 14.1. The van der Waals surface area contributed by atoms with Gasteiger partial charge in [0.2, 0.25) is 0 Å². The number of nitrogens with zero attached hydrogens (tertiary/aromatic N) is 3. The standard InChI is InChI=1S/C27H39FN3P/c1-8-19(3)26(25(29-7)14-15-27(6,28)32)20(4)10-11-22-12-13-23(16-21(22)5)24-17-30-31(9-2)18-24/h12-13,16-18H,4,8-11,14-15,32H2,1-3,5-7H3/b26-19+,29-25-. The minimum absolute atomic E-state index is 0.424. The van der Waals surface area contributed by atoms with E-state index in [1.54, 1.807) is 14.0 Å². The molecule has 2 unspecified atom stereocenters. The molecule has 5 heteroatoms. The first kappa shape index (κ1) is 26.2. The van der Waals surface area contributed by atoms with E-state index in [2.05, 4.69) is 78.0 Å². The fourth-order valence-electron chi connectivity index (χ4n) is 3.89. The van der Waals surface area contributed by atoms with Crippen LogP contribution in [-0.2, 0) is 13.0 Å². The molecule has 0 aliphatic heterocycles. The van der Waals surface area contributed by atoms with E-state index in [4.69, 9.17) is 0 Å². The van der Waals surface area contributed by atoms with Crippen LogP contribution in [0.5, 0.6) is 0 Å². The Bertz CT molecular complexity index is 993. The lowest BCUT2D eigenvalue weighted by molar-refractivity contribution is 0.300. The predicted octanol–water partition coefficient (Wildman–Crippen LogP) is 7.51. The molecule has 0 bridgehead atoms. The number of benzene rings is 1. The van der Waals surface area contributed by atoms with Crippen LogP contribution in [0, 0.1) is 6.92 Å². The second kappa shape index (κ2) is 11.7. The van der Waals surface area contributed by atoms with Gasteiger partial charge in [-0.15, -0.1) is 0 Å². The summed E-state index contributed by atoms with van der Waals surface area (Å²) < 4.78 is 16.0. The summed E-state index contributed by atoms with van der Waals surface area (Å²) >= 11 is 0. The first-order valence-corrected chi connectivity index (χ1v) is 12.1. The summed E-state index contributed by atoms with van der Waals surface area (Å²) in [7, 11) is 4.09. The molecule has 0 spiro atoms. The molecule has 0 aliphatic carbocycles. The Morgan fingerprint density at radius 2 is 1.97 bits per heavy atom. The molecule has 32 heavy (non-hydrogen) atoms. The fourth-order valence-corrected chi connectivity index (χ4v) is 4.04. The molecular weight excluding hydrogens is 416 g/mol. The van der Waals surface area contributed by atoms with Crippen molar-refractivity contribution in [3.63, 3.8) is 0 Å². The molecule has 2 rings (SSSR count). The van der Waals surface area contributed by atoms with E-state index in [1.165, 1.54) is 22.3 Å². The van der Waals surface area contributed by atoms with Crippen molar-refractivity contribution in [3.8, 4) is 11.1 Å². The van der Waals surface area contributed by atoms with Gasteiger partial charge in [-0.2, -0.15) is 5.10 Å². The van der Waals surface area contributed by atoms with Gasteiger partial charge in [0, 0.05) is 31.1 Å². The Morgan fingerprint density at radius 1 is 1.25 bits per heavy atom. The minimum atomic E-state index is -1.28. The zero-order chi connectivity index (χ0) is 23.9. The van der Waals surface area contributed by atoms with Crippen LogP contribution in [0.15, 0.2) is 58.9 Å². The van der Waals surface area contributed by atoms with Crippen molar-refractivity contribution in [1.82, 2.24) is 9.78 Å². The first-order valence-electron chi connectivity index (χ1n) is 11.5. The van der Waals surface area contributed by atoms with Gasteiger partial charge in [-0.1, -0.05) is 46.5 Å². The topological polar surface area (TPSA) is 30.2 Å². The summed E-state index contributed by atoms with van der Waals surface area (Å²) in [5, 5.41) is 3.10. The van der Waals surface area contributed by atoms with Crippen molar-refractivity contribution in [2.45, 2.75) is 78.7 Å². The lowest BCUT2D eigenvalue weighted by atomic mass is 9.88. The van der Waals surface area contributed by atoms with E-state index in [-0.39, 0.29) is 0 Å². The van der Waals surface area contributed by atoms with E-state index in [0.717, 1.165) is 48.2 Å². The van der Waals surface area contributed by atoms with Crippen LogP contribution in [0.2, 0.25) is 0 Å². The number of aliphatic imine (C=N–C) groups is 1. The van der Waals surface area contributed by atoms with E-state index in [0.29, 0.717) is 12.8 Å². The number of alkyl halides is 1. The van der Waals surface area contributed by atoms with Gasteiger partial charge in [0.1, 0.15) is 5.41 Å². The largest absolute Gasteiger partial charge is 0.292 e. The Morgan fingerprint density at radius 3 is 2.50 bits per heavy atom. The third kappa shape index (κ3) is 7.24. The molecule has 0 saturated heterocycles. The van der Waals surface area contributed by atoms with Gasteiger partial charge in [-0.05, 0) is 87.6 Å². The highest BCUT2D eigenvalue weighted by Crippen LogP contribution is 2.30. The van der Waals surface area contributed by atoms with Crippen LogP contribution in [-0.4, -0.2) is 27.9 Å². The Labute approximate surface area is 196 Å². The molecule has 2 atom stereocenters. The van der Waals surface area contributed by atoms with Gasteiger partial charge >= 0.3 is 0 Å². The molecule has 2 aromatic rings. The van der Waals surface area contributed by atoms with Gasteiger partial charge in [-0.3, -0.25) is 9.67 Å². The lowest BCUT2D eigenvalue weighted by Gasteiger charge is -2.20. The van der Waals surface area contributed by atoms with Crippen molar-refractivity contribution >= 4 is 15.0 Å². The maximum Gasteiger partial charge on any atom is 0.121 e. The zero-order valence-electron chi connectivity index (χ0n) is 20.6. The molecule has 1 aromatic heterocycles. The smallest absolute Gasteiger partial charge is 0.121 e. The van der Waals surface area contributed by atoms with Crippen molar-refractivity contribution in [3.05, 3.63) is 65.0 Å². The molecule has 0 aliphatic rings. The van der Waals surface area contributed by atoms with Crippen LogP contribution < -0.4 is 0 Å². The predicted molar refractivity (Wildman–Crippen MR) is 140 cm³/mol. The molecule has 174 valence electrons. The normalized spacial score (nSPS) is 14.8. The summed E-state index contributed by atoms with van der Waals surface area (Å²) in [6.07, 6.45) is 7.75. The summed E-state index contributed by atoms with van der Waals surface area (Å²) in [6, 6.07) is 6.63. The van der Waals surface area contributed by atoms with Crippen LogP contribution in [0.25, 0.3) is 11.1 Å². The fraction of sp³-hybridized carbons (Fsp3) is 0.481. The van der Waals surface area contributed by atoms with Crippen molar-refractivity contribution in [1.29, 1.82) is 0 Å². The number of rotatable bonds is 11. The van der Waals surface area contributed by atoms with Gasteiger partial charge < -0.3 is 0 Å². The molecule has 0 N–H and O–H groups in total. The number of aromatic nitrogens is 2. The second-order valence-corrected chi connectivity index (χ2v) is 9.99. The summed E-state index contributed by atoms with van der Waals surface area (Å²) in [5.41, 5.74) is 9.38. The molecule has 0 radical (unpaired) electrons. The van der Waals surface area contributed by atoms with Crippen LogP contribution in [0.3, 0.4) is 0 Å². The van der Waals surface area contributed by atoms with Gasteiger partial charge in [0.05, 0.1) is 6.20 Å². The van der Waals surface area contributed by atoms with E-state index >= 15 is 0 Å². The molecule has 1 heterocycles. The number of aryl methyl sites for hydroxylation is 3. The van der Waals surface area contributed by atoms with E-state index < -0.39 is 5.41 Å². The SMILES string of the molecule is C=C(CCc1ccc(-c2cnn(CC)c2)cc1C)C(/C(CCC(C)(F)P)=N\C)=C(/C)CC. The third-order valence-corrected chi connectivity index (χ3v) is 6.34. The highest BCUT2D eigenvalue weighted by molar-refractivity contribution is 7.18. The first-order chi connectivity index (χ1) is 15.1. The number of allylic oxidation sites excluding steroid dienone is 3. The zero-order valence-corrected chi connectivity index (χ0v) is 21.8. The Balaban J connectivity index is 2.15. The molecule has 0 saturated carbocycles. The van der Waals surface area contributed by atoms with Gasteiger partial charge in [0.15, 0.2) is 0 Å². The van der Waals surface area contributed by atoms with Crippen LogP contribution >= 0.6 is 9.24 Å². The van der Waals surface area contributed by atoms with Crippen LogP contribution in [0.1, 0.15) is 64.5 Å². The van der Waals surface area contributed by atoms with Crippen molar-refractivity contribution < 1.29 is 4.39 Å². The molecule has 0 fully saturated rings. The number of hydrogen-bond acceptors (Lipinski definition) is 2. The summed E-state index contributed by atoms with van der Waals surface area (Å²) in [6.45, 7) is 15.4. The Kier molecular flexibility index (Phi) is 9.58. The second-order valence-electron chi connectivity index (χ2n) is 8.79. The summed E-state index contributed by atoms with van der Waals surface area (Å²) in [4.78, 5) is 4.52. The molecule has 0 amide bonds. The van der Waals surface area contributed by atoms with E-state index in [1.807, 2.05) is 10.9 Å². The molecule has 1 aromatic carbocycles. The molecular formula is C27H39FN3P. The maximum atomic E-state index is 14.1. The van der Waals surface area contributed by atoms with Gasteiger partial charge in [-0.25, -0.2) is 4.39 Å². The third-order valence-electron chi connectivity index (χ3n) is 6.05. The average Bonchev–Trinajstić information content (AvgIpc) is 3.23. The Hall–Kier alpha value is -2.06. The highest BCUT2D eigenvalue weighted by Gasteiger charge is 2.20. The quantitative estimate of drug-likeness (QED) is 0.196. The van der Waals surface area contributed by atoms with Crippen LogP contribution in [0.4, 0.5) is 4.39 Å². The summed E-state index contributed by atoms with van der Waals surface area (Å²) in [5.74, 6) is 0. The number of halogens is 1. The number of hydrogen-bond donors (Lipinski definition) is 0. The minimum Gasteiger partial charge on any atom is -0.292 e. The molecule has 3 nitrogen and oxygen atoms in total. The van der Waals surface area contributed by atoms with Crippen molar-refractivity contribution in [2.75, 3.05) is 7.05 Å². The van der Waals surface area contributed by atoms with Crippen molar-refractivity contribution in [2.24, 2.45) is 4.99 Å². The highest BCUT2D eigenvalue weighted by atomic mass is 31.0. The lowest BCUT2D eigenvalue weighted by Crippen LogP contribution is -2.14. The van der Waals surface area contributed by atoms with E-state index in [9.17, 15) is 4.39 Å². The van der Waals surface area contributed by atoms with Gasteiger partial charge in [0.25, 0.3) is 0 Å². The average molecular weight is 456 g/mol.